The van der Waals surface area contributed by atoms with Gasteiger partial charge >= 0.3 is 0 Å². The third-order valence-electron chi connectivity index (χ3n) is 5.81. The van der Waals surface area contributed by atoms with E-state index >= 15 is 0 Å². The molecule has 28 heavy (non-hydrogen) atoms. The Morgan fingerprint density at radius 1 is 1.11 bits per heavy atom. The van der Waals surface area contributed by atoms with Gasteiger partial charge in [0.25, 0.3) is 0 Å². The van der Waals surface area contributed by atoms with Crippen LogP contribution in [0.1, 0.15) is 31.2 Å². The quantitative estimate of drug-likeness (QED) is 0.686. The number of carbonyl (C=O) groups is 1. The predicted molar refractivity (Wildman–Crippen MR) is 104 cm³/mol. The lowest BCUT2D eigenvalue weighted by Gasteiger charge is -2.35. The maximum Gasteiger partial charge on any atom is 0.244 e. The van der Waals surface area contributed by atoms with E-state index in [0.29, 0.717) is 25.7 Å². The maximum absolute atomic E-state index is 12.9. The molecule has 0 atom stereocenters. The molecule has 0 spiro atoms. The number of hydrogen-bond acceptors (Lipinski definition) is 5. The van der Waals surface area contributed by atoms with Crippen LogP contribution in [0.4, 0.5) is 0 Å². The van der Waals surface area contributed by atoms with Gasteiger partial charge in [-0.05, 0) is 43.7 Å². The van der Waals surface area contributed by atoms with Crippen molar-refractivity contribution in [1.29, 1.82) is 5.26 Å². The van der Waals surface area contributed by atoms with Crippen LogP contribution in [0.3, 0.4) is 0 Å². The molecule has 1 aromatic rings. The Kier molecular flexibility index (Phi) is 5.41. The summed E-state index contributed by atoms with van der Waals surface area (Å²) >= 11 is 0. The lowest BCUT2D eigenvalue weighted by Crippen LogP contribution is -2.52. The van der Waals surface area contributed by atoms with Crippen molar-refractivity contribution in [2.24, 2.45) is 5.92 Å². The summed E-state index contributed by atoms with van der Waals surface area (Å²) in [6.07, 6.45) is 4.92. The fourth-order valence-electron chi connectivity index (χ4n) is 3.79. The average molecular weight is 403 g/mol. The van der Waals surface area contributed by atoms with E-state index in [1.165, 1.54) is 42.1 Å². The summed E-state index contributed by atoms with van der Waals surface area (Å²) in [6.45, 7) is 2.80. The zero-order chi connectivity index (χ0) is 19.7. The molecule has 1 aliphatic heterocycles. The van der Waals surface area contributed by atoms with Gasteiger partial charge in [-0.1, -0.05) is 12.1 Å². The Morgan fingerprint density at radius 2 is 1.79 bits per heavy atom. The molecule has 1 saturated heterocycles. The fourth-order valence-corrected chi connectivity index (χ4v) is 5.35. The van der Waals surface area contributed by atoms with Crippen molar-refractivity contribution in [1.82, 2.24) is 14.1 Å². The molecule has 0 bridgehead atoms. The molecule has 7 nitrogen and oxygen atoms in total. The molecule has 0 unspecified atom stereocenters. The summed E-state index contributed by atoms with van der Waals surface area (Å²) in [4.78, 5) is 16.9. The minimum atomic E-state index is -3.73. The first kappa shape index (κ1) is 19.4. The number of carbonyl (C=O) groups excluding carboxylic acids is 1. The third kappa shape index (κ3) is 4.22. The van der Waals surface area contributed by atoms with Gasteiger partial charge in [0.15, 0.2) is 0 Å². The molecule has 1 heterocycles. The summed E-state index contributed by atoms with van der Waals surface area (Å²) in [5.74, 6) is 0.859. The summed E-state index contributed by atoms with van der Waals surface area (Å²) in [7, 11) is -3.73. The summed E-state index contributed by atoms with van der Waals surface area (Å²) in [5.41, 5.74) is 0.154. The fraction of sp³-hybridized carbons (Fsp3) is 0.600. The van der Waals surface area contributed by atoms with Gasteiger partial charge < -0.3 is 4.90 Å². The second-order valence-electron chi connectivity index (χ2n) is 8.00. The molecule has 1 amide bonds. The number of benzene rings is 1. The number of nitriles is 1. The molecule has 3 aliphatic rings. The zero-order valence-corrected chi connectivity index (χ0v) is 16.8. The molecule has 3 fully saturated rings. The highest BCUT2D eigenvalue weighted by Crippen LogP contribution is 2.34. The Balaban J connectivity index is 1.36. The third-order valence-corrected chi connectivity index (χ3v) is 7.76. The maximum atomic E-state index is 12.9. The molecule has 4 rings (SSSR count). The van der Waals surface area contributed by atoms with E-state index in [1.807, 2.05) is 6.07 Å². The first-order valence-electron chi connectivity index (χ1n) is 10.00. The lowest BCUT2D eigenvalue weighted by molar-refractivity contribution is -0.133. The highest BCUT2D eigenvalue weighted by atomic mass is 32.2. The van der Waals surface area contributed by atoms with Crippen LogP contribution in [0, 0.1) is 17.2 Å². The Hall–Kier alpha value is -1.95. The summed E-state index contributed by atoms with van der Waals surface area (Å²) in [6, 6.07) is 8.78. The smallest absolute Gasteiger partial charge is 0.244 e. The standard InChI is InChI=1S/C20H26N4O3S/c21-13-17-3-1-2-4-19(17)28(26,27)24-11-9-22(10-12-24)20(25)15-23(18-7-8-18)14-16-5-6-16/h1-4,16,18H,5-12,14-15H2. The van der Waals surface area contributed by atoms with Gasteiger partial charge in [-0.15, -0.1) is 0 Å². The Bertz CT molecular complexity index is 879. The van der Waals surface area contributed by atoms with Crippen LogP contribution in [-0.2, 0) is 14.8 Å². The molecular formula is C20H26N4O3S. The molecule has 0 N–H and O–H groups in total. The summed E-state index contributed by atoms with van der Waals surface area (Å²) < 4.78 is 27.2. The molecule has 1 aromatic carbocycles. The minimum absolute atomic E-state index is 0.0432. The highest BCUT2D eigenvalue weighted by Gasteiger charge is 2.36. The largest absolute Gasteiger partial charge is 0.339 e. The first-order chi connectivity index (χ1) is 13.5. The second-order valence-corrected chi connectivity index (χ2v) is 9.90. The SMILES string of the molecule is N#Cc1ccccc1S(=O)(=O)N1CCN(C(=O)CN(CC2CC2)C2CC2)CC1. The Labute approximate surface area is 166 Å². The predicted octanol–water partition coefficient (Wildman–Crippen LogP) is 1.27. The minimum Gasteiger partial charge on any atom is -0.339 e. The van der Waals surface area contributed by atoms with E-state index in [0.717, 1.165) is 12.5 Å². The van der Waals surface area contributed by atoms with Gasteiger partial charge in [0.2, 0.25) is 15.9 Å². The van der Waals surface area contributed by atoms with E-state index in [2.05, 4.69) is 4.90 Å². The van der Waals surface area contributed by atoms with E-state index < -0.39 is 10.0 Å². The number of hydrogen-bond donors (Lipinski definition) is 0. The first-order valence-corrected chi connectivity index (χ1v) is 11.4. The number of sulfonamides is 1. The van der Waals surface area contributed by atoms with E-state index in [4.69, 9.17) is 0 Å². The van der Waals surface area contributed by atoms with Crippen molar-refractivity contribution < 1.29 is 13.2 Å². The van der Waals surface area contributed by atoms with E-state index in [1.54, 1.807) is 17.0 Å². The van der Waals surface area contributed by atoms with Gasteiger partial charge in [0.1, 0.15) is 6.07 Å². The van der Waals surface area contributed by atoms with Crippen LogP contribution in [0.15, 0.2) is 29.2 Å². The second kappa shape index (κ2) is 7.82. The van der Waals surface area contributed by atoms with Crippen molar-refractivity contribution >= 4 is 15.9 Å². The topological polar surface area (TPSA) is 84.7 Å². The van der Waals surface area contributed by atoms with Crippen molar-refractivity contribution in [3.05, 3.63) is 29.8 Å². The zero-order valence-electron chi connectivity index (χ0n) is 16.0. The van der Waals surface area contributed by atoms with Gasteiger partial charge in [-0.3, -0.25) is 9.69 Å². The van der Waals surface area contributed by atoms with Crippen LogP contribution >= 0.6 is 0 Å². The lowest BCUT2D eigenvalue weighted by atomic mass is 10.2. The summed E-state index contributed by atoms with van der Waals surface area (Å²) in [5, 5.41) is 9.21. The normalized spacial score (nSPS) is 20.9. The van der Waals surface area contributed by atoms with Gasteiger partial charge in [0, 0.05) is 38.8 Å². The molecule has 0 radical (unpaired) electrons. The number of rotatable bonds is 7. The molecular weight excluding hydrogens is 376 g/mol. The van der Waals surface area contributed by atoms with Crippen LogP contribution in [0.2, 0.25) is 0 Å². The number of amides is 1. The van der Waals surface area contributed by atoms with Crippen LogP contribution < -0.4 is 0 Å². The number of nitrogens with zero attached hydrogens (tertiary/aromatic N) is 4. The molecule has 150 valence electrons. The number of piperazine rings is 1. The van der Waals surface area contributed by atoms with Gasteiger partial charge in [-0.2, -0.15) is 9.57 Å². The van der Waals surface area contributed by atoms with Gasteiger partial charge in [0.05, 0.1) is 17.0 Å². The van der Waals surface area contributed by atoms with E-state index in [9.17, 15) is 18.5 Å². The van der Waals surface area contributed by atoms with Crippen molar-refractivity contribution in [3.8, 4) is 6.07 Å². The highest BCUT2D eigenvalue weighted by molar-refractivity contribution is 7.89. The van der Waals surface area contributed by atoms with Crippen LogP contribution in [-0.4, -0.2) is 73.7 Å². The molecule has 2 saturated carbocycles. The van der Waals surface area contributed by atoms with Crippen molar-refractivity contribution in [2.45, 2.75) is 36.6 Å². The van der Waals surface area contributed by atoms with Crippen LogP contribution in [0.5, 0.6) is 0 Å². The van der Waals surface area contributed by atoms with E-state index in [-0.39, 0.29) is 29.5 Å². The molecule has 2 aliphatic carbocycles. The Morgan fingerprint density at radius 3 is 2.39 bits per heavy atom. The van der Waals surface area contributed by atoms with Crippen molar-refractivity contribution in [2.75, 3.05) is 39.3 Å². The average Bonchev–Trinajstić information content (AvgIpc) is 3.61. The van der Waals surface area contributed by atoms with Gasteiger partial charge in [-0.25, -0.2) is 8.42 Å². The molecule has 8 heteroatoms. The monoisotopic (exact) mass is 402 g/mol. The molecule has 0 aromatic heterocycles. The van der Waals surface area contributed by atoms with Crippen LogP contribution in [0.25, 0.3) is 0 Å². The van der Waals surface area contributed by atoms with Crippen molar-refractivity contribution in [3.63, 3.8) is 0 Å².